The van der Waals surface area contributed by atoms with E-state index in [4.69, 9.17) is 10.5 Å². The first-order chi connectivity index (χ1) is 10.3. The molecule has 1 aromatic carbocycles. The quantitative estimate of drug-likeness (QED) is 0.846. The lowest BCUT2D eigenvalue weighted by atomic mass is 10.1. The van der Waals surface area contributed by atoms with Crippen LogP contribution in [-0.2, 0) is 6.42 Å². The summed E-state index contributed by atoms with van der Waals surface area (Å²) >= 11 is 0. The second-order valence-corrected chi connectivity index (χ2v) is 4.98. The fourth-order valence-electron chi connectivity index (χ4n) is 1.92. The molecule has 2 aromatic rings. The highest BCUT2D eigenvalue weighted by Gasteiger charge is 2.02. The summed E-state index contributed by atoms with van der Waals surface area (Å²) < 4.78 is 5.63. The predicted molar refractivity (Wildman–Crippen MR) is 87.2 cm³/mol. The van der Waals surface area contributed by atoms with Crippen molar-refractivity contribution in [3.63, 3.8) is 0 Å². The van der Waals surface area contributed by atoms with E-state index in [1.54, 1.807) is 6.20 Å². The van der Waals surface area contributed by atoms with Gasteiger partial charge in [-0.3, -0.25) is 4.98 Å². The van der Waals surface area contributed by atoms with Crippen molar-refractivity contribution in [2.75, 3.05) is 6.61 Å². The van der Waals surface area contributed by atoms with Gasteiger partial charge in [-0.15, -0.1) is 0 Å². The smallest absolute Gasteiger partial charge is 0.138 e. The van der Waals surface area contributed by atoms with Crippen LogP contribution in [0.25, 0.3) is 6.08 Å². The Morgan fingerprint density at radius 2 is 2.00 bits per heavy atom. The molecule has 0 fully saturated rings. The average Bonchev–Trinajstić information content (AvgIpc) is 2.54. The summed E-state index contributed by atoms with van der Waals surface area (Å²) in [5.74, 6) is 0.779. The predicted octanol–water partition coefficient (Wildman–Crippen LogP) is 3.45. The Labute approximate surface area is 126 Å². The van der Waals surface area contributed by atoms with Gasteiger partial charge in [-0.25, -0.2) is 0 Å². The van der Waals surface area contributed by atoms with Gasteiger partial charge in [0.2, 0.25) is 0 Å². The van der Waals surface area contributed by atoms with E-state index < -0.39 is 0 Å². The highest BCUT2D eigenvalue weighted by atomic mass is 16.5. The average molecular weight is 282 g/mol. The van der Waals surface area contributed by atoms with Crippen LogP contribution in [0.1, 0.15) is 24.6 Å². The number of nitrogens with zero attached hydrogens (tertiary/aromatic N) is 1. The normalized spacial score (nSPS) is 12.5. The van der Waals surface area contributed by atoms with Gasteiger partial charge in [-0.2, -0.15) is 0 Å². The third-order valence-electron chi connectivity index (χ3n) is 3.25. The molecule has 0 spiro atoms. The van der Waals surface area contributed by atoms with Crippen molar-refractivity contribution >= 4 is 6.08 Å². The Balaban J connectivity index is 1.80. The van der Waals surface area contributed by atoms with Gasteiger partial charge in [0.05, 0.1) is 6.20 Å². The fourth-order valence-corrected chi connectivity index (χ4v) is 1.92. The summed E-state index contributed by atoms with van der Waals surface area (Å²) in [5, 5.41) is 0. The lowest BCUT2D eigenvalue weighted by Gasteiger charge is -2.08. The molecule has 0 aliphatic heterocycles. The van der Waals surface area contributed by atoms with Crippen molar-refractivity contribution < 1.29 is 4.74 Å². The van der Waals surface area contributed by atoms with Crippen molar-refractivity contribution in [2.45, 2.75) is 25.8 Å². The van der Waals surface area contributed by atoms with Gasteiger partial charge in [0.25, 0.3) is 0 Å². The van der Waals surface area contributed by atoms with Crippen LogP contribution < -0.4 is 10.5 Å². The molecule has 3 heteroatoms. The molecule has 0 amide bonds. The molecule has 3 nitrogen and oxygen atoms in total. The van der Waals surface area contributed by atoms with Gasteiger partial charge in [-0.05, 0) is 30.2 Å². The number of hydrogen-bond acceptors (Lipinski definition) is 3. The van der Waals surface area contributed by atoms with Crippen LogP contribution in [0.4, 0.5) is 0 Å². The Kier molecular flexibility index (Phi) is 5.98. The van der Waals surface area contributed by atoms with Gasteiger partial charge in [0, 0.05) is 18.2 Å². The number of ether oxygens (including phenoxy) is 1. The maximum Gasteiger partial charge on any atom is 0.138 e. The Hall–Kier alpha value is -2.13. The van der Waals surface area contributed by atoms with E-state index in [1.807, 2.05) is 42.5 Å². The molecule has 0 aliphatic rings. The van der Waals surface area contributed by atoms with E-state index in [0.29, 0.717) is 6.61 Å². The minimum atomic E-state index is 0.179. The maximum atomic E-state index is 5.92. The van der Waals surface area contributed by atoms with E-state index in [1.165, 1.54) is 5.56 Å². The van der Waals surface area contributed by atoms with E-state index in [9.17, 15) is 0 Å². The van der Waals surface area contributed by atoms with Gasteiger partial charge >= 0.3 is 0 Å². The zero-order valence-corrected chi connectivity index (χ0v) is 12.4. The Bertz CT molecular complexity index is 549. The molecular weight excluding hydrogens is 260 g/mol. The molecule has 0 radical (unpaired) electrons. The molecule has 0 saturated carbocycles. The third-order valence-corrected chi connectivity index (χ3v) is 3.25. The van der Waals surface area contributed by atoms with E-state index in [-0.39, 0.29) is 6.04 Å². The van der Waals surface area contributed by atoms with Crippen molar-refractivity contribution in [3.8, 4) is 5.75 Å². The first-order valence-corrected chi connectivity index (χ1v) is 7.33. The molecule has 21 heavy (non-hydrogen) atoms. The third kappa shape index (κ3) is 5.40. The Morgan fingerprint density at radius 1 is 1.19 bits per heavy atom. The van der Waals surface area contributed by atoms with Gasteiger partial charge < -0.3 is 10.5 Å². The van der Waals surface area contributed by atoms with Gasteiger partial charge in [0.15, 0.2) is 0 Å². The number of benzene rings is 1. The van der Waals surface area contributed by atoms with Crippen LogP contribution in [0, 0.1) is 0 Å². The standard InChI is InChI=1S/C18H22N2O/c1-2-16(19)13-17-10-11-18(14-20-17)21-12-6-9-15-7-4-3-5-8-15/h3-11,14,16H,2,12-13,19H2,1H3. The fraction of sp³-hybridized carbons (Fsp3) is 0.278. The SMILES string of the molecule is CCC(N)Cc1ccc(OCC=Cc2ccccc2)cn1. The maximum absolute atomic E-state index is 5.92. The molecule has 1 heterocycles. The molecule has 1 aromatic heterocycles. The largest absolute Gasteiger partial charge is 0.488 e. The summed E-state index contributed by atoms with van der Waals surface area (Å²) in [7, 11) is 0. The van der Waals surface area contributed by atoms with Crippen LogP contribution in [0.5, 0.6) is 5.75 Å². The molecule has 0 bridgehead atoms. The second-order valence-electron chi connectivity index (χ2n) is 4.98. The summed E-state index contributed by atoms with van der Waals surface area (Å²) in [6, 6.07) is 14.3. The van der Waals surface area contributed by atoms with Crippen LogP contribution in [0.2, 0.25) is 0 Å². The molecule has 1 atom stereocenters. The number of rotatable bonds is 7. The van der Waals surface area contributed by atoms with E-state index in [0.717, 1.165) is 24.3 Å². The van der Waals surface area contributed by atoms with Crippen molar-refractivity contribution in [3.05, 3.63) is 66.0 Å². The van der Waals surface area contributed by atoms with Crippen molar-refractivity contribution in [2.24, 2.45) is 5.73 Å². The Morgan fingerprint density at radius 3 is 2.67 bits per heavy atom. The molecule has 0 saturated heterocycles. The topological polar surface area (TPSA) is 48.1 Å². The minimum absolute atomic E-state index is 0.179. The van der Waals surface area contributed by atoms with E-state index in [2.05, 4.69) is 24.0 Å². The number of hydrogen-bond donors (Lipinski definition) is 1. The van der Waals surface area contributed by atoms with Gasteiger partial charge in [0.1, 0.15) is 12.4 Å². The minimum Gasteiger partial charge on any atom is -0.488 e. The summed E-state index contributed by atoms with van der Waals surface area (Å²) in [6.07, 6.45) is 7.57. The van der Waals surface area contributed by atoms with E-state index >= 15 is 0 Å². The first kappa shape index (κ1) is 15.3. The number of nitrogens with two attached hydrogens (primary N) is 1. The lowest BCUT2D eigenvalue weighted by Crippen LogP contribution is -2.21. The van der Waals surface area contributed by atoms with Crippen LogP contribution in [0.3, 0.4) is 0 Å². The summed E-state index contributed by atoms with van der Waals surface area (Å²) in [5.41, 5.74) is 8.10. The second kappa shape index (κ2) is 8.22. The summed E-state index contributed by atoms with van der Waals surface area (Å²) in [4.78, 5) is 4.37. The summed E-state index contributed by atoms with van der Waals surface area (Å²) in [6.45, 7) is 2.62. The van der Waals surface area contributed by atoms with Crippen molar-refractivity contribution in [1.82, 2.24) is 4.98 Å². The first-order valence-electron chi connectivity index (χ1n) is 7.33. The molecule has 2 rings (SSSR count). The zero-order chi connectivity index (χ0) is 14.9. The van der Waals surface area contributed by atoms with Gasteiger partial charge in [-0.1, -0.05) is 43.3 Å². The van der Waals surface area contributed by atoms with Crippen LogP contribution in [0.15, 0.2) is 54.7 Å². The van der Waals surface area contributed by atoms with Crippen LogP contribution >= 0.6 is 0 Å². The molecule has 0 aliphatic carbocycles. The number of aromatic nitrogens is 1. The molecule has 2 N–H and O–H groups in total. The lowest BCUT2D eigenvalue weighted by molar-refractivity contribution is 0.361. The van der Waals surface area contributed by atoms with Crippen molar-refractivity contribution in [1.29, 1.82) is 0 Å². The highest BCUT2D eigenvalue weighted by molar-refractivity contribution is 5.48. The molecule has 1 unspecified atom stereocenters. The highest BCUT2D eigenvalue weighted by Crippen LogP contribution is 2.11. The number of pyridine rings is 1. The molecular formula is C18H22N2O. The monoisotopic (exact) mass is 282 g/mol. The molecule has 110 valence electrons. The zero-order valence-electron chi connectivity index (χ0n) is 12.4. The van der Waals surface area contributed by atoms with Crippen LogP contribution in [-0.4, -0.2) is 17.6 Å².